The average Bonchev–Trinajstić information content (AvgIpc) is 2.89. The molecule has 0 aliphatic carbocycles. The molecule has 2 heterocycles. The van der Waals surface area contributed by atoms with Crippen LogP contribution in [-0.4, -0.2) is 29.9 Å². The Hall–Kier alpha value is -2.83. The molecule has 4 nitrogen and oxygen atoms in total. The van der Waals surface area contributed by atoms with Crippen LogP contribution in [0.5, 0.6) is 11.5 Å². The first kappa shape index (κ1) is 22.9. The van der Waals surface area contributed by atoms with Crippen molar-refractivity contribution in [3.63, 3.8) is 0 Å². The van der Waals surface area contributed by atoms with E-state index in [-0.39, 0.29) is 0 Å². The third kappa shape index (κ3) is 4.84. The third-order valence-electron chi connectivity index (χ3n) is 6.10. The molecular weight excluding hydrogens is 508 g/mol. The molecule has 1 unspecified atom stereocenters. The van der Waals surface area contributed by atoms with Gasteiger partial charge in [0.1, 0.15) is 11.5 Å². The van der Waals surface area contributed by atoms with Gasteiger partial charge in [-0.1, -0.05) is 40.2 Å². The molecule has 0 amide bonds. The Bertz CT molecular complexity index is 1280. The minimum absolute atomic E-state index is 0.316. The van der Waals surface area contributed by atoms with Crippen LogP contribution in [0, 0.1) is 0 Å². The summed E-state index contributed by atoms with van der Waals surface area (Å²) in [6.45, 7) is 0. The lowest BCUT2D eigenvalue weighted by molar-refractivity contribution is 0.414. The molecular formula is C28H25BrN2O2S. The Kier molecular flexibility index (Phi) is 6.88. The number of fused-ring (bicyclic) bond motifs is 1. The lowest BCUT2D eigenvalue weighted by Crippen LogP contribution is -2.18. The van der Waals surface area contributed by atoms with Crippen LogP contribution in [0.2, 0.25) is 0 Å². The Morgan fingerprint density at radius 2 is 1.44 bits per heavy atom. The molecule has 0 saturated carbocycles. The molecule has 0 bridgehead atoms. The number of hydrogen-bond acceptors (Lipinski definition) is 5. The van der Waals surface area contributed by atoms with Gasteiger partial charge in [-0.25, -0.2) is 9.97 Å². The molecule has 0 radical (unpaired) electrons. The molecule has 5 rings (SSSR count). The maximum absolute atomic E-state index is 5.37. The van der Waals surface area contributed by atoms with Crippen LogP contribution in [0.1, 0.15) is 22.7 Å². The summed E-state index contributed by atoms with van der Waals surface area (Å²) >= 11 is 5.49. The van der Waals surface area contributed by atoms with Crippen molar-refractivity contribution < 1.29 is 9.47 Å². The molecule has 0 N–H and O–H groups in total. The first-order valence-corrected chi connectivity index (χ1v) is 13.1. The number of hydrogen-bond donors (Lipinski definition) is 0. The van der Waals surface area contributed by atoms with Crippen LogP contribution in [-0.2, 0) is 12.2 Å². The summed E-state index contributed by atoms with van der Waals surface area (Å²) in [5.41, 5.74) is 6.80. The number of methoxy groups -OCH3 is 2. The fourth-order valence-electron chi connectivity index (χ4n) is 4.28. The van der Waals surface area contributed by atoms with Gasteiger partial charge in [-0.15, -0.1) is 0 Å². The zero-order valence-corrected chi connectivity index (χ0v) is 21.5. The standard InChI is InChI=1S/C28H25BrN2O2S/c1-32-23-11-3-18(4-12-23)15-21-16-34-17-25-26(19-7-13-24(33-2)14-8-19)30-28(31-27(21)25)20-5-9-22(29)10-6-20/h3-14,21H,15-17H2,1-2H3. The van der Waals surface area contributed by atoms with Crippen molar-refractivity contribution in [3.8, 4) is 34.1 Å². The van der Waals surface area contributed by atoms with Crippen molar-refractivity contribution in [2.24, 2.45) is 0 Å². The summed E-state index contributed by atoms with van der Waals surface area (Å²) in [6.07, 6.45) is 0.933. The van der Waals surface area contributed by atoms with Gasteiger partial charge in [0.25, 0.3) is 0 Å². The van der Waals surface area contributed by atoms with Gasteiger partial charge in [0.2, 0.25) is 0 Å². The number of nitrogens with zero attached hydrogens (tertiary/aromatic N) is 2. The Morgan fingerprint density at radius 3 is 2.09 bits per heavy atom. The normalized spacial score (nSPS) is 15.0. The van der Waals surface area contributed by atoms with E-state index in [0.717, 1.165) is 62.2 Å². The summed E-state index contributed by atoms with van der Waals surface area (Å²) in [5.74, 6) is 4.75. The zero-order valence-electron chi connectivity index (χ0n) is 19.1. The highest BCUT2D eigenvalue weighted by atomic mass is 79.9. The van der Waals surface area contributed by atoms with Crippen molar-refractivity contribution in [3.05, 3.63) is 94.1 Å². The molecule has 172 valence electrons. The van der Waals surface area contributed by atoms with Crippen molar-refractivity contribution in [1.82, 2.24) is 9.97 Å². The Morgan fingerprint density at radius 1 is 0.824 bits per heavy atom. The number of aromatic nitrogens is 2. The van der Waals surface area contributed by atoms with Gasteiger partial charge >= 0.3 is 0 Å². The topological polar surface area (TPSA) is 44.2 Å². The lowest BCUT2D eigenvalue weighted by Gasteiger charge is -2.27. The Balaban J connectivity index is 1.60. The summed E-state index contributed by atoms with van der Waals surface area (Å²) in [6, 6.07) is 24.7. The van der Waals surface area contributed by atoms with Gasteiger partial charge in [-0.2, -0.15) is 11.8 Å². The lowest BCUT2D eigenvalue weighted by atomic mass is 9.92. The minimum Gasteiger partial charge on any atom is -0.497 e. The molecule has 1 aromatic heterocycles. The molecule has 1 atom stereocenters. The summed E-state index contributed by atoms with van der Waals surface area (Å²) in [5, 5.41) is 0. The third-order valence-corrected chi connectivity index (χ3v) is 7.76. The second-order valence-electron chi connectivity index (χ2n) is 8.26. The van der Waals surface area contributed by atoms with Gasteiger partial charge in [0.15, 0.2) is 5.82 Å². The second kappa shape index (κ2) is 10.2. The number of benzene rings is 3. The van der Waals surface area contributed by atoms with Crippen LogP contribution in [0.3, 0.4) is 0 Å². The summed E-state index contributed by atoms with van der Waals surface area (Å²) in [7, 11) is 3.39. The van der Waals surface area contributed by atoms with Crippen LogP contribution in [0.4, 0.5) is 0 Å². The van der Waals surface area contributed by atoms with E-state index in [1.807, 2.05) is 48.2 Å². The van der Waals surface area contributed by atoms with E-state index in [1.165, 1.54) is 11.1 Å². The molecule has 4 aromatic rings. The first-order chi connectivity index (χ1) is 16.6. The van der Waals surface area contributed by atoms with E-state index >= 15 is 0 Å². The van der Waals surface area contributed by atoms with E-state index in [0.29, 0.717) is 5.92 Å². The molecule has 0 fully saturated rings. The molecule has 34 heavy (non-hydrogen) atoms. The maximum Gasteiger partial charge on any atom is 0.160 e. The predicted octanol–water partition coefficient (Wildman–Crippen LogP) is 7.16. The zero-order chi connectivity index (χ0) is 23.5. The first-order valence-electron chi connectivity index (χ1n) is 11.2. The molecule has 3 aromatic carbocycles. The molecule has 1 aliphatic heterocycles. The maximum atomic E-state index is 5.37. The van der Waals surface area contributed by atoms with Crippen molar-refractivity contribution in [2.45, 2.75) is 18.1 Å². The highest BCUT2D eigenvalue weighted by molar-refractivity contribution is 9.10. The summed E-state index contributed by atoms with van der Waals surface area (Å²) < 4.78 is 11.7. The predicted molar refractivity (Wildman–Crippen MR) is 143 cm³/mol. The van der Waals surface area contributed by atoms with Gasteiger partial charge in [-0.05, 0) is 60.5 Å². The average molecular weight is 533 g/mol. The summed E-state index contributed by atoms with van der Waals surface area (Å²) in [4.78, 5) is 10.2. The van der Waals surface area contributed by atoms with Crippen LogP contribution < -0.4 is 9.47 Å². The van der Waals surface area contributed by atoms with Gasteiger partial charge < -0.3 is 9.47 Å². The number of ether oxygens (including phenoxy) is 2. The number of thioether (sulfide) groups is 1. The quantitative estimate of drug-likeness (QED) is 0.263. The van der Waals surface area contributed by atoms with Crippen molar-refractivity contribution in [1.29, 1.82) is 0 Å². The number of halogens is 1. The fourth-order valence-corrected chi connectivity index (χ4v) is 5.71. The van der Waals surface area contributed by atoms with Crippen molar-refractivity contribution >= 4 is 27.7 Å². The van der Waals surface area contributed by atoms with E-state index in [4.69, 9.17) is 19.4 Å². The monoisotopic (exact) mass is 532 g/mol. The van der Waals surface area contributed by atoms with E-state index in [9.17, 15) is 0 Å². The molecule has 1 aliphatic rings. The molecule has 0 saturated heterocycles. The highest BCUT2D eigenvalue weighted by Gasteiger charge is 2.27. The van der Waals surface area contributed by atoms with Gasteiger partial charge in [-0.3, -0.25) is 0 Å². The van der Waals surface area contributed by atoms with E-state index in [1.54, 1.807) is 14.2 Å². The van der Waals surface area contributed by atoms with Crippen LogP contribution >= 0.6 is 27.7 Å². The Labute approximate surface area is 212 Å². The van der Waals surface area contributed by atoms with Crippen LogP contribution in [0.15, 0.2) is 77.3 Å². The van der Waals surface area contributed by atoms with Gasteiger partial charge in [0.05, 0.1) is 25.6 Å². The van der Waals surface area contributed by atoms with E-state index < -0.39 is 0 Å². The second-order valence-corrected chi connectivity index (χ2v) is 10.2. The smallest absolute Gasteiger partial charge is 0.160 e. The van der Waals surface area contributed by atoms with Gasteiger partial charge in [0, 0.05) is 38.6 Å². The SMILES string of the molecule is COc1ccc(CC2CSCc3c(-c4ccc(OC)cc4)nc(-c4ccc(Br)cc4)nc32)cc1. The molecule has 6 heteroatoms. The largest absolute Gasteiger partial charge is 0.497 e. The van der Waals surface area contributed by atoms with Crippen LogP contribution in [0.25, 0.3) is 22.6 Å². The number of rotatable bonds is 6. The minimum atomic E-state index is 0.316. The fraction of sp³-hybridized carbons (Fsp3) is 0.214. The highest BCUT2D eigenvalue weighted by Crippen LogP contribution is 2.40. The molecule has 0 spiro atoms. The van der Waals surface area contributed by atoms with Crippen molar-refractivity contribution in [2.75, 3.05) is 20.0 Å². The van der Waals surface area contributed by atoms with E-state index in [2.05, 4.69) is 52.3 Å².